The molecule has 3 aromatic rings. The Morgan fingerprint density at radius 2 is 1.86 bits per heavy atom. The molecule has 0 aliphatic heterocycles. The van der Waals surface area contributed by atoms with Crippen LogP contribution in [0.25, 0.3) is 0 Å². The van der Waals surface area contributed by atoms with Crippen molar-refractivity contribution >= 4 is 23.4 Å². The number of thioether (sulfide) groups is 1. The summed E-state index contributed by atoms with van der Waals surface area (Å²) in [6.07, 6.45) is 6.56. The Morgan fingerprint density at radius 1 is 1.11 bits per heavy atom. The van der Waals surface area contributed by atoms with E-state index in [4.69, 9.17) is 4.74 Å². The number of pyridine rings is 1. The van der Waals surface area contributed by atoms with Gasteiger partial charge in [0.25, 0.3) is 5.91 Å². The zero-order valence-corrected chi connectivity index (χ0v) is 16.3. The molecule has 1 aromatic carbocycles. The molecular formula is C20H19N5O2S. The average molecular weight is 393 g/mol. The van der Waals surface area contributed by atoms with Gasteiger partial charge in [-0.05, 0) is 48.9 Å². The molecule has 7 nitrogen and oxygen atoms in total. The van der Waals surface area contributed by atoms with Crippen LogP contribution in [0.15, 0.2) is 71.4 Å². The summed E-state index contributed by atoms with van der Waals surface area (Å²) in [7, 11) is 1.64. The molecule has 0 saturated carbocycles. The van der Waals surface area contributed by atoms with Crippen LogP contribution in [0.1, 0.15) is 28.4 Å². The number of nitrogens with one attached hydrogen (secondary N) is 1. The molecule has 0 saturated heterocycles. The van der Waals surface area contributed by atoms with Crippen molar-refractivity contribution in [2.45, 2.75) is 17.8 Å². The van der Waals surface area contributed by atoms with E-state index < -0.39 is 0 Å². The number of hydrazone groups is 1. The normalized spacial score (nSPS) is 11.1. The van der Waals surface area contributed by atoms with Crippen molar-refractivity contribution < 1.29 is 9.53 Å². The summed E-state index contributed by atoms with van der Waals surface area (Å²) in [6, 6.07) is 10.8. The maximum Gasteiger partial charge on any atom is 0.271 e. The molecule has 1 amide bonds. The summed E-state index contributed by atoms with van der Waals surface area (Å²) >= 11 is 1.52. The third-order valence-corrected chi connectivity index (χ3v) is 4.79. The van der Waals surface area contributed by atoms with Crippen LogP contribution >= 0.6 is 11.8 Å². The number of carbonyl (C=O) groups is 1. The predicted octanol–water partition coefficient (Wildman–Crippen LogP) is 3.33. The van der Waals surface area contributed by atoms with Gasteiger partial charge in [-0.1, -0.05) is 11.8 Å². The van der Waals surface area contributed by atoms with Gasteiger partial charge in [0.15, 0.2) is 5.16 Å². The first-order valence-electron chi connectivity index (χ1n) is 8.49. The zero-order chi connectivity index (χ0) is 19.8. The smallest absolute Gasteiger partial charge is 0.271 e. The van der Waals surface area contributed by atoms with E-state index >= 15 is 0 Å². The quantitative estimate of drug-likeness (QED) is 0.287. The average Bonchev–Trinajstić information content (AvgIpc) is 2.76. The molecule has 142 valence electrons. The summed E-state index contributed by atoms with van der Waals surface area (Å²) in [5, 5.41) is 4.91. The Bertz CT molecular complexity index is 965. The highest BCUT2D eigenvalue weighted by Crippen LogP contribution is 2.27. The maximum absolute atomic E-state index is 12.1. The molecule has 0 bridgehead atoms. The molecule has 3 rings (SSSR count). The molecule has 2 heterocycles. The molecule has 8 heteroatoms. The number of nitrogens with zero attached hydrogens (tertiary/aromatic N) is 4. The van der Waals surface area contributed by atoms with Crippen LogP contribution in [0.2, 0.25) is 0 Å². The number of amides is 1. The van der Waals surface area contributed by atoms with E-state index in [-0.39, 0.29) is 5.91 Å². The monoisotopic (exact) mass is 393 g/mol. The third kappa shape index (κ3) is 5.14. The molecule has 0 fully saturated rings. The van der Waals surface area contributed by atoms with Gasteiger partial charge in [0.05, 0.1) is 12.8 Å². The second-order valence-electron chi connectivity index (χ2n) is 5.72. The van der Waals surface area contributed by atoms with Crippen molar-refractivity contribution in [3.63, 3.8) is 0 Å². The van der Waals surface area contributed by atoms with Crippen molar-refractivity contribution in [2.75, 3.05) is 7.11 Å². The van der Waals surface area contributed by atoms with Crippen LogP contribution in [0.4, 0.5) is 0 Å². The van der Waals surface area contributed by atoms with Crippen molar-refractivity contribution in [1.29, 1.82) is 0 Å². The molecule has 0 spiro atoms. The standard InChI is InChI=1S/C20H19N5O2S/c1-14(24-25-19(26)15-6-10-21-11-7-15)16-4-5-18(27-2)17(12-16)13-28-20-22-8-3-9-23-20/h3-12H,13H2,1-2H3,(H,25,26). The fourth-order valence-corrected chi connectivity index (χ4v) is 3.17. The first-order chi connectivity index (χ1) is 13.7. The van der Waals surface area contributed by atoms with Crippen LogP contribution < -0.4 is 10.2 Å². The molecular weight excluding hydrogens is 374 g/mol. The van der Waals surface area contributed by atoms with Crippen LogP contribution in [0.3, 0.4) is 0 Å². The van der Waals surface area contributed by atoms with Crippen molar-refractivity contribution in [3.05, 3.63) is 77.9 Å². The number of methoxy groups -OCH3 is 1. The van der Waals surface area contributed by atoms with Gasteiger partial charge in [-0.2, -0.15) is 5.10 Å². The van der Waals surface area contributed by atoms with E-state index in [1.165, 1.54) is 11.8 Å². The lowest BCUT2D eigenvalue weighted by Crippen LogP contribution is -2.19. The summed E-state index contributed by atoms with van der Waals surface area (Å²) in [5.41, 5.74) is 5.64. The van der Waals surface area contributed by atoms with Crippen LogP contribution in [0.5, 0.6) is 5.75 Å². The van der Waals surface area contributed by atoms with Gasteiger partial charge >= 0.3 is 0 Å². The van der Waals surface area contributed by atoms with Gasteiger partial charge in [0.2, 0.25) is 0 Å². The Kier molecular flexibility index (Phi) is 6.69. The van der Waals surface area contributed by atoms with E-state index in [1.807, 2.05) is 25.1 Å². The van der Waals surface area contributed by atoms with Gasteiger partial charge in [0.1, 0.15) is 5.75 Å². The fourth-order valence-electron chi connectivity index (χ4n) is 2.39. The second-order valence-corrected chi connectivity index (χ2v) is 6.66. The summed E-state index contributed by atoms with van der Waals surface area (Å²) in [4.78, 5) is 24.5. The highest BCUT2D eigenvalue weighted by Gasteiger charge is 2.09. The summed E-state index contributed by atoms with van der Waals surface area (Å²) < 4.78 is 5.45. The van der Waals surface area contributed by atoms with Gasteiger partial charge in [-0.25, -0.2) is 15.4 Å². The molecule has 2 aromatic heterocycles. The Balaban J connectivity index is 1.73. The van der Waals surface area contributed by atoms with Crippen molar-refractivity contribution in [1.82, 2.24) is 20.4 Å². The predicted molar refractivity (Wildman–Crippen MR) is 109 cm³/mol. The number of hydrogen-bond donors (Lipinski definition) is 1. The topological polar surface area (TPSA) is 89.4 Å². The fraction of sp³-hybridized carbons (Fsp3) is 0.150. The minimum atomic E-state index is -0.285. The number of carbonyl (C=O) groups excluding carboxylic acids is 1. The Morgan fingerprint density at radius 3 is 2.57 bits per heavy atom. The lowest BCUT2D eigenvalue weighted by atomic mass is 10.1. The van der Waals surface area contributed by atoms with Gasteiger partial charge < -0.3 is 4.74 Å². The largest absolute Gasteiger partial charge is 0.496 e. The van der Waals surface area contributed by atoms with E-state index in [0.29, 0.717) is 22.2 Å². The highest BCUT2D eigenvalue weighted by atomic mass is 32.2. The lowest BCUT2D eigenvalue weighted by Gasteiger charge is -2.10. The molecule has 1 N–H and O–H groups in total. The first kappa shape index (κ1) is 19.5. The van der Waals surface area contributed by atoms with E-state index in [2.05, 4.69) is 25.5 Å². The van der Waals surface area contributed by atoms with Gasteiger partial charge in [-0.15, -0.1) is 0 Å². The van der Waals surface area contributed by atoms with Crippen LogP contribution in [0, 0.1) is 0 Å². The third-order valence-electron chi connectivity index (χ3n) is 3.86. The molecule has 0 unspecified atom stereocenters. The molecule has 0 radical (unpaired) electrons. The molecule has 0 aliphatic carbocycles. The van der Waals surface area contributed by atoms with E-state index in [0.717, 1.165) is 16.9 Å². The second kappa shape index (κ2) is 9.61. The summed E-state index contributed by atoms with van der Waals surface area (Å²) in [6.45, 7) is 1.84. The summed E-state index contributed by atoms with van der Waals surface area (Å²) in [5.74, 6) is 1.14. The Hall–Kier alpha value is -3.26. The number of rotatable bonds is 7. The highest BCUT2D eigenvalue weighted by molar-refractivity contribution is 7.98. The van der Waals surface area contributed by atoms with E-state index in [1.54, 1.807) is 50.1 Å². The number of aromatic nitrogens is 3. The van der Waals surface area contributed by atoms with Crippen molar-refractivity contribution in [2.24, 2.45) is 5.10 Å². The van der Waals surface area contributed by atoms with Crippen LogP contribution in [-0.2, 0) is 5.75 Å². The number of ether oxygens (including phenoxy) is 1. The number of hydrogen-bond acceptors (Lipinski definition) is 7. The van der Waals surface area contributed by atoms with Crippen LogP contribution in [-0.4, -0.2) is 33.7 Å². The van der Waals surface area contributed by atoms with E-state index in [9.17, 15) is 4.79 Å². The Labute approximate surface area is 167 Å². The lowest BCUT2D eigenvalue weighted by molar-refractivity contribution is 0.0954. The zero-order valence-electron chi connectivity index (χ0n) is 15.5. The SMILES string of the molecule is COc1ccc(C(C)=NNC(=O)c2ccncc2)cc1CSc1ncccn1. The van der Waals surface area contributed by atoms with Gasteiger partial charge in [-0.3, -0.25) is 9.78 Å². The van der Waals surface area contributed by atoms with Crippen molar-refractivity contribution in [3.8, 4) is 5.75 Å². The van der Waals surface area contributed by atoms with Gasteiger partial charge in [0, 0.05) is 41.7 Å². The first-order valence-corrected chi connectivity index (χ1v) is 9.47. The molecule has 28 heavy (non-hydrogen) atoms. The minimum absolute atomic E-state index is 0.285. The molecule has 0 atom stereocenters. The maximum atomic E-state index is 12.1. The minimum Gasteiger partial charge on any atom is -0.496 e. The molecule has 0 aliphatic rings. The number of benzene rings is 1.